The highest BCUT2D eigenvalue weighted by molar-refractivity contribution is 5.91. The summed E-state index contributed by atoms with van der Waals surface area (Å²) in [6.45, 7) is 4.93. The van der Waals surface area contributed by atoms with Crippen molar-refractivity contribution in [1.29, 1.82) is 0 Å². The number of piperidine rings is 1. The molecule has 1 heterocycles. The van der Waals surface area contributed by atoms with E-state index < -0.39 is 5.97 Å². The first-order chi connectivity index (χ1) is 9.63. The summed E-state index contributed by atoms with van der Waals surface area (Å²) in [5.41, 5.74) is 0.974. The SMILES string of the molecule is CCOC(=O)C(NC=O)=C1CCN(C(=O)OCC)CC1. The number of rotatable bonds is 5. The average molecular weight is 284 g/mol. The standard InChI is InChI=1S/C13H20N2O5/c1-3-19-12(17)11(14-9-16)10-5-7-15(8-6-10)13(18)20-4-2/h9H,3-8H2,1-2H3,(H,14,16). The van der Waals surface area contributed by atoms with Crippen LogP contribution in [0.15, 0.2) is 11.3 Å². The lowest BCUT2D eigenvalue weighted by Crippen LogP contribution is -2.38. The van der Waals surface area contributed by atoms with Crippen molar-refractivity contribution in [3.8, 4) is 0 Å². The maximum atomic E-state index is 11.7. The number of nitrogens with one attached hydrogen (secondary N) is 1. The highest BCUT2D eigenvalue weighted by atomic mass is 16.6. The van der Waals surface area contributed by atoms with E-state index >= 15 is 0 Å². The van der Waals surface area contributed by atoms with Gasteiger partial charge in [-0.3, -0.25) is 4.79 Å². The molecule has 0 spiro atoms. The van der Waals surface area contributed by atoms with Crippen LogP contribution in [0.4, 0.5) is 4.79 Å². The second-order valence-corrected chi connectivity index (χ2v) is 4.15. The molecule has 7 nitrogen and oxygen atoms in total. The molecule has 2 amide bonds. The van der Waals surface area contributed by atoms with Gasteiger partial charge in [0, 0.05) is 13.1 Å². The third-order valence-electron chi connectivity index (χ3n) is 2.93. The van der Waals surface area contributed by atoms with Gasteiger partial charge in [0.2, 0.25) is 6.41 Å². The van der Waals surface area contributed by atoms with Gasteiger partial charge in [0.1, 0.15) is 5.70 Å². The van der Waals surface area contributed by atoms with Gasteiger partial charge in [-0.05, 0) is 32.3 Å². The number of ether oxygens (including phenoxy) is 2. The van der Waals surface area contributed by atoms with Gasteiger partial charge >= 0.3 is 12.1 Å². The summed E-state index contributed by atoms with van der Waals surface area (Å²) in [6.07, 6.45) is 1.12. The van der Waals surface area contributed by atoms with Crippen LogP contribution >= 0.6 is 0 Å². The lowest BCUT2D eigenvalue weighted by molar-refractivity contribution is -0.139. The van der Waals surface area contributed by atoms with E-state index in [-0.39, 0.29) is 18.4 Å². The molecule has 0 atom stereocenters. The molecule has 1 saturated heterocycles. The fourth-order valence-corrected chi connectivity index (χ4v) is 1.99. The van der Waals surface area contributed by atoms with Gasteiger partial charge in [0.25, 0.3) is 0 Å². The zero-order chi connectivity index (χ0) is 15.0. The van der Waals surface area contributed by atoms with Gasteiger partial charge in [0.05, 0.1) is 13.2 Å². The van der Waals surface area contributed by atoms with E-state index in [0.717, 1.165) is 5.57 Å². The molecule has 1 aliphatic heterocycles. The lowest BCUT2D eigenvalue weighted by atomic mass is 10.0. The first-order valence-corrected chi connectivity index (χ1v) is 6.65. The number of hydrogen-bond acceptors (Lipinski definition) is 5. The number of amides is 2. The number of likely N-dealkylation sites (tertiary alicyclic amines) is 1. The van der Waals surface area contributed by atoms with Crippen molar-refractivity contribution in [3.05, 3.63) is 11.3 Å². The molecule has 0 aliphatic carbocycles. The smallest absolute Gasteiger partial charge is 0.409 e. The molecule has 0 aromatic rings. The molecular weight excluding hydrogens is 264 g/mol. The Balaban J connectivity index is 2.71. The Bertz CT molecular complexity index is 396. The van der Waals surface area contributed by atoms with Crippen LogP contribution in [0, 0.1) is 0 Å². The molecule has 1 rings (SSSR count). The van der Waals surface area contributed by atoms with Gasteiger partial charge in [-0.15, -0.1) is 0 Å². The molecule has 112 valence electrons. The van der Waals surface area contributed by atoms with E-state index in [0.29, 0.717) is 38.9 Å². The lowest BCUT2D eigenvalue weighted by Gasteiger charge is -2.28. The first-order valence-electron chi connectivity index (χ1n) is 6.65. The van der Waals surface area contributed by atoms with Crippen molar-refractivity contribution >= 4 is 18.5 Å². The fraction of sp³-hybridized carbons (Fsp3) is 0.615. The monoisotopic (exact) mass is 284 g/mol. The fourth-order valence-electron chi connectivity index (χ4n) is 1.99. The predicted molar refractivity (Wildman–Crippen MR) is 70.7 cm³/mol. The minimum absolute atomic E-state index is 0.186. The topological polar surface area (TPSA) is 84.9 Å². The van der Waals surface area contributed by atoms with Crippen LogP contribution < -0.4 is 5.32 Å². The maximum Gasteiger partial charge on any atom is 0.409 e. The average Bonchev–Trinajstić information content (AvgIpc) is 2.45. The summed E-state index contributed by atoms with van der Waals surface area (Å²) in [7, 11) is 0. The summed E-state index contributed by atoms with van der Waals surface area (Å²) < 4.78 is 9.82. The third-order valence-corrected chi connectivity index (χ3v) is 2.93. The van der Waals surface area contributed by atoms with Gasteiger partial charge < -0.3 is 19.7 Å². The number of esters is 1. The van der Waals surface area contributed by atoms with Crippen LogP contribution in [-0.2, 0) is 19.1 Å². The normalized spacial score (nSPS) is 14.5. The number of nitrogens with zero attached hydrogens (tertiary/aromatic N) is 1. The summed E-state index contributed by atoms with van der Waals surface area (Å²) in [5.74, 6) is -0.542. The second kappa shape index (κ2) is 8.19. The third kappa shape index (κ3) is 4.25. The summed E-state index contributed by atoms with van der Waals surface area (Å²) >= 11 is 0. The molecule has 0 bridgehead atoms. The Labute approximate surface area is 117 Å². The van der Waals surface area contributed by atoms with Crippen LogP contribution in [0.1, 0.15) is 26.7 Å². The molecule has 1 fully saturated rings. The van der Waals surface area contributed by atoms with Crippen LogP contribution in [0.2, 0.25) is 0 Å². The largest absolute Gasteiger partial charge is 0.461 e. The van der Waals surface area contributed by atoms with Gasteiger partial charge in [-0.25, -0.2) is 9.59 Å². The predicted octanol–water partition coefficient (Wildman–Crippen LogP) is 0.802. The van der Waals surface area contributed by atoms with Crippen molar-refractivity contribution in [2.24, 2.45) is 0 Å². The Morgan fingerprint density at radius 1 is 1.20 bits per heavy atom. The molecule has 1 aliphatic rings. The molecule has 0 aromatic heterocycles. The van der Waals surface area contributed by atoms with Crippen molar-refractivity contribution in [2.45, 2.75) is 26.7 Å². The Morgan fingerprint density at radius 2 is 1.80 bits per heavy atom. The first kappa shape index (κ1) is 16.0. The molecular formula is C13H20N2O5. The summed E-state index contributed by atoms with van der Waals surface area (Å²) in [4.78, 5) is 35.5. The van der Waals surface area contributed by atoms with E-state index in [1.807, 2.05) is 0 Å². The molecule has 1 N–H and O–H groups in total. The maximum absolute atomic E-state index is 11.7. The van der Waals surface area contributed by atoms with Crippen molar-refractivity contribution in [2.75, 3.05) is 26.3 Å². The van der Waals surface area contributed by atoms with E-state index in [1.165, 1.54) is 0 Å². The van der Waals surface area contributed by atoms with E-state index in [2.05, 4.69) is 5.32 Å². The second-order valence-electron chi connectivity index (χ2n) is 4.15. The molecule has 0 radical (unpaired) electrons. The highest BCUT2D eigenvalue weighted by Crippen LogP contribution is 2.20. The van der Waals surface area contributed by atoms with Gasteiger partial charge in [0.15, 0.2) is 0 Å². The minimum atomic E-state index is -0.542. The summed E-state index contributed by atoms with van der Waals surface area (Å²) in [6, 6.07) is 0. The highest BCUT2D eigenvalue weighted by Gasteiger charge is 2.24. The minimum Gasteiger partial charge on any atom is -0.461 e. The zero-order valence-electron chi connectivity index (χ0n) is 11.8. The van der Waals surface area contributed by atoms with Crippen LogP contribution in [0.5, 0.6) is 0 Å². The van der Waals surface area contributed by atoms with E-state index in [9.17, 15) is 14.4 Å². The number of carbonyl (C=O) groups excluding carboxylic acids is 3. The molecule has 7 heteroatoms. The number of carbonyl (C=O) groups is 3. The van der Waals surface area contributed by atoms with Crippen LogP contribution in [0.3, 0.4) is 0 Å². The Kier molecular flexibility index (Phi) is 6.55. The van der Waals surface area contributed by atoms with Gasteiger partial charge in [-0.2, -0.15) is 0 Å². The molecule has 0 unspecified atom stereocenters. The zero-order valence-corrected chi connectivity index (χ0v) is 11.8. The number of hydrogen-bond donors (Lipinski definition) is 1. The summed E-state index contributed by atoms with van der Waals surface area (Å²) in [5, 5.41) is 2.40. The van der Waals surface area contributed by atoms with Crippen molar-refractivity contribution in [1.82, 2.24) is 10.2 Å². The molecule has 20 heavy (non-hydrogen) atoms. The Hall–Kier alpha value is -2.05. The van der Waals surface area contributed by atoms with E-state index in [1.54, 1.807) is 18.7 Å². The van der Waals surface area contributed by atoms with Crippen LogP contribution in [-0.4, -0.2) is 49.7 Å². The Morgan fingerprint density at radius 3 is 2.30 bits per heavy atom. The molecule has 0 saturated carbocycles. The quantitative estimate of drug-likeness (QED) is 0.458. The van der Waals surface area contributed by atoms with Crippen molar-refractivity contribution in [3.63, 3.8) is 0 Å². The van der Waals surface area contributed by atoms with Gasteiger partial charge in [-0.1, -0.05) is 0 Å². The van der Waals surface area contributed by atoms with Crippen LogP contribution in [0.25, 0.3) is 0 Å². The molecule has 0 aromatic carbocycles. The van der Waals surface area contributed by atoms with Crippen molar-refractivity contribution < 1.29 is 23.9 Å². The van der Waals surface area contributed by atoms with E-state index in [4.69, 9.17) is 9.47 Å².